The molecular formula is C45H31NO. The molecule has 1 heterocycles. The van der Waals surface area contributed by atoms with E-state index in [0.29, 0.717) is 0 Å². The summed E-state index contributed by atoms with van der Waals surface area (Å²) in [5.74, 6) is 0. The highest BCUT2D eigenvalue weighted by molar-refractivity contribution is 6.19. The number of hydrogen-bond acceptors (Lipinski definition) is 2. The van der Waals surface area contributed by atoms with Gasteiger partial charge in [0.2, 0.25) is 0 Å². The molecule has 0 amide bonds. The Hall–Kier alpha value is -6.12. The summed E-state index contributed by atoms with van der Waals surface area (Å²) in [7, 11) is 0. The smallest absolute Gasteiger partial charge is 0.136 e. The topological polar surface area (TPSA) is 16.4 Å². The Morgan fingerprint density at radius 1 is 0.383 bits per heavy atom. The van der Waals surface area contributed by atoms with Gasteiger partial charge in [-0.1, -0.05) is 115 Å². The fourth-order valence-corrected chi connectivity index (χ4v) is 6.90. The van der Waals surface area contributed by atoms with Crippen molar-refractivity contribution in [1.82, 2.24) is 0 Å². The third-order valence-electron chi connectivity index (χ3n) is 9.29. The molecule has 2 heteroatoms. The van der Waals surface area contributed by atoms with E-state index in [1.165, 1.54) is 54.7 Å². The lowest BCUT2D eigenvalue weighted by atomic mass is 9.98. The van der Waals surface area contributed by atoms with Crippen LogP contribution in [0.1, 0.15) is 5.56 Å². The van der Waals surface area contributed by atoms with Crippen LogP contribution in [-0.2, 0) is 0 Å². The summed E-state index contributed by atoms with van der Waals surface area (Å²) in [5, 5.41) is 7.28. The zero-order valence-electron chi connectivity index (χ0n) is 26.0. The fraction of sp³-hybridized carbons (Fsp3) is 0.0222. The van der Waals surface area contributed by atoms with Gasteiger partial charge in [0.05, 0.1) is 0 Å². The number of hydrogen-bond donors (Lipinski definition) is 0. The van der Waals surface area contributed by atoms with Crippen molar-refractivity contribution >= 4 is 60.5 Å². The van der Waals surface area contributed by atoms with Gasteiger partial charge in [-0.25, -0.2) is 0 Å². The number of aryl methyl sites for hydroxylation is 1. The van der Waals surface area contributed by atoms with Gasteiger partial charge in [-0.05, 0) is 111 Å². The SMILES string of the molecule is Cc1ccc2cc(-c3ccc(N(c4ccccc4)c4ccc(-c5ccc6ccc7oc8ccccc8c7c6c5)cc4)cc3)ccc2c1. The van der Waals surface area contributed by atoms with Crippen molar-refractivity contribution in [3.8, 4) is 22.3 Å². The lowest BCUT2D eigenvalue weighted by Crippen LogP contribution is -2.09. The average Bonchev–Trinajstić information content (AvgIpc) is 3.52. The first-order valence-electron chi connectivity index (χ1n) is 16.1. The number of furan rings is 1. The van der Waals surface area contributed by atoms with Crippen LogP contribution in [0, 0.1) is 6.92 Å². The third-order valence-corrected chi connectivity index (χ3v) is 9.29. The molecule has 0 saturated heterocycles. The van der Waals surface area contributed by atoms with Crippen molar-refractivity contribution in [2.45, 2.75) is 6.92 Å². The van der Waals surface area contributed by atoms with Gasteiger partial charge in [0.25, 0.3) is 0 Å². The van der Waals surface area contributed by atoms with E-state index in [1.807, 2.05) is 12.1 Å². The molecule has 0 spiro atoms. The molecule has 0 unspecified atom stereocenters. The second kappa shape index (κ2) is 11.0. The van der Waals surface area contributed by atoms with Gasteiger partial charge in [-0.15, -0.1) is 0 Å². The molecule has 0 aliphatic rings. The summed E-state index contributed by atoms with van der Waals surface area (Å²) in [4.78, 5) is 2.32. The minimum atomic E-state index is 0.922. The van der Waals surface area contributed by atoms with E-state index in [4.69, 9.17) is 4.42 Å². The van der Waals surface area contributed by atoms with Gasteiger partial charge in [0, 0.05) is 27.8 Å². The number of nitrogens with zero attached hydrogens (tertiary/aromatic N) is 1. The maximum Gasteiger partial charge on any atom is 0.136 e. The van der Waals surface area contributed by atoms with Crippen molar-refractivity contribution in [2.24, 2.45) is 0 Å². The molecule has 2 nitrogen and oxygen atoms in total. The Balaban J connectivity index is 1.08. The number of fused-ring (bicyclic) bond motifs is 6. The van der Waals surface area contributed by atoms with Gasteiger partial charge >= 0.3 is 0 Å². The first-order valence-corrected chi connectivity index (χ1v) is 16.1. The number of anilines is 3. The summed E-state index contributed by atoms with van der Waals surface area (Å²) in [6.07, 6.45) is 0. The summed E-state index contributed by atoms with van der Waals surface area (Å²) in [6, 6.07) is 61.0. The molecule has 0 radical (unpaired) electrons. The molecular weight excluding hydrogens is 571 g/mol. The fourth-order valence-electron chi connectivity index (χ4n) is 6.90. The first-order chi connectivity index (χ1) is 23.2. The Labute approximate surface area is 273 Å². The van der Waals surface area contributed by atoms with Crippen LogP contribution in [0.3, 0.4) is 0 Å². The van der Waals surface area contributed by atoms with E-state index in [0.717, 1.165) is 33.6 Å². The van der Waals surface area contributed by atoms with Crippen LogP contribution < -0.4 is 4.90 Å². The summed E-state index contributed by atoms with van der Waals surface area (Å²) in [5.41, 5.74) is 11.3. The predicted molar refractivity (Wildman–Crippen MR) is 199 cm³/mol. The van der Waals surface area contributed by atoms with Crippen LogP contribution in [0.15, 0.2) is 174 Å². The second-order valence-electron chi connectivity index (χ2n) is 12.3. The van der Waals surface area contributed by atoms with E-state index in [9.17, 15) is 0 Å². The van der Waals surface area contributed by atoms with Crippen molar-refractivity contribution < 1.29 is 4.42 Å². The van der Waals surface area contributed by atoms with Crippen LogP contribution in [-0.4, -0.2) is 0 Å². The van der Waals surface area contributed by atoms with E-state index in [-0.39, 0.29) is 0 Å². The van der Waals surface area contributed by atoms with Gasteiger partial charge in [-0.3, -0.25) is 0 Å². The molecule has 0 saturated carbocycles. The Morgan fingerprint density at radius 3 is 1.68 bits per heavy atom. The van der Waals surface area contributed by atoms with Crippen LogP contribution >= 0.6 is 0 Å². The largest absolute Gasteiger partial charge is 0.456 e. The molecule has 47 heavy (non-hydrogen) atoms. The third kappa shape index (κ3) is 4.83. The molecule has 0 fully saturated rings. The summed E-state index contributed by atoms with van der Waals surface area (Å²) < 4.78 is 6.18. The number of benzene rings is 8. The maximum atomic E-state index is 6.18. The molecule has 1 aromatic heterocycles. The zero-order valence-corrected chi connectivity index (χ0v) is 26.0. The predicted octanol–water partition coefficient (Wildman–Crippen LogP) is 13.0. The van der Waals surface area contributed by atoms with Gasteiger partial charge < -0.3 is 9.32 Å². The Kier molecular flexibility index (Phi) is 6.39. The average molecular weight is 602 g/mol. The zero-order chi connectivity index (χ0) is 31.3. The maximum absolute atomic E-state index is 6.18. The van der Waals surface area contributed by atoms with E-state index < -0.39 is 0 Å². The van der Waals surface area contributed by atoms with Crippen LogP contribution in [0.5, 0.6) is 0 Å². The number of para-hydroxylation sites is 2. The molecule has 0 N–H and O–H groups in total. The van der Waals surface area contributed by atoms with Crippen LogP contribution in [0.2, 0.25) is 0 Å². The molecule has 0 aliphatic carbocycles. The van der Waals surface area contributed by atoms with Gasteiger partial charge in [0.1, 0.15) is 11.2 Å². The lowest BCUT2D eigenvalue weighted by molar-refractivity contribution is 0.669. The Bertz CT molecular complexity index is 2560. The lowest BCUT2D eigenvalue weighted by Gasteiger charge is -2.26. The quantitative estimate of drug-likeness (QED) is 0.195. The van der Waals surface area contributed by atoms with E-state index in [2.05, 4.69) is 170 Å². The molecule has 8 aromatic carbocycles. The molecule has 0 bridgehead atoms. The molecule has 0 aliphatic heterocycles. The standard InChI is InChI=1S/C45H31NO/c1-30-11-12-36-28-35(16-15-34(36)27-30)31-17-22-39(23-18-31)46(38-7-3-2-4-8-38)40-24-19-32(20-25-40)37-14-13-33-21-26-44-45(42(33)29-37)41-9-5-6-10-43(41)47-44/h2-29H,1H3. The van der Waals surface area contributed by atoms with Gasteiger partial charge in [-0.2, -0.15) is 0 Å². The minimum absolute atomic E-state index is 0.922. The summed E-state index contributed by atoms with van der Waals surface area (Å²) in [6.45, 7) is 2.14. The highest BCUT2D eigenvalue weighted by Gasteiger charge is 2.14. The molecule has 9 aromatic rings. The first kappa shape index (κ1) is 27.2. The monoisotopic (exact) mass is 601 g/mol. The normalized spacial score (nSPS) is 11.5. The van der Waals surface area contributed by atoms with Crippen molar-refractivity contribution in [3.63, 3.8) is 0 Å². The second-order valence-corrected chi connectivity index (χ2v) is 12.3. The highest BCUT2D eigenvalue weighted by Crippen LogP contribution is 2.39. The molecule has 222 valence electrons. The molecule has 0 atom stereocenters. The molecule has 9 rings (SSSR count). The minimum Gasteiger partial charge on any atom is -0.456 e. The van der Waals surface area contributed by atoms with Crippen LogP contribution in [0.4, 0.5) is 17.1 Å². The number of rotatable bonds is 5. The van der Waals surface area contributed by atoms with Crippen molar-refractivity contribution in [3.05, 3.63) is 175 Å². The summed E-state index contributed by atoms with van der Waals surface area (Å²) >= 11 is 0. The van der Waals surface area contributed by atoms with E-state index >= 15 is 0 Å². The van der Waals surface area contributed by atoms with Gasteiger partial charge in [0.15, 0.2) is 0 Å². The van der Waals surface area contributed by atoms with Crippen molar-refractivity contribution in [1.29, 1.82) is 0 Å². The van der Waals surface area contributed by atoms with Crippen LogP contribution in [0.25, 0.3) is 65.7 Å². The van der Waals surface area contributed by atoms with E-state index in [1.54, 1.807) is 0 Å². The Morgan fingerprint density at radius 2 is 0.936 bits per heavy atom. The van der Waals surface area contributed by atoms with Crippen molar-refractivity contribution in [2.75, 3.05) is 4.90 Å². The highest BCUT2D eigenvalue weighted by atomic mass is 16.3.